The summed E-state index contributed by atoms with van der Waals surface area (Å²) >= 11 is 0. The lowest BCUT2D eigenvalue weighted by Crippen LogP contribution is -2.33. The van der Waals surface area contributed by atoms with Crippen LogP contribution in [0.1, 0.15) is 30.0 Å². The van der Waals surface area contributed by atoms with E-state index in [4.69, 9.17) is 0 Å². The maximum Gasteiger partial charge on any atom is 0.0725 e. The van der Waals surface area contributed by atoms with Crippen LogP contribution in [0, 0.1) is 6.92 Å². The van der Waals surface area contributed by atoms with E-state index in [1.165, 1.54) is 16.7 Å². The first kappa shape index (κ1) is 13.8. The van der Waals surface area contributed by atoms with Crippen LogP contribution >= 0.6 is 0 Å². The summed E-state index contributed by atoms with van der Waals surface area (Å²) < 4.78 is 0. The number of benzene rings is 2. The Morgan fingerprint density at radius 3 is 2.16 bits per heavy atom. The molecule has 100 valence electrons. The van der Waals surface area contributed by atoms with Crippen molar-refractivity contribution in [1.82, 2.24) is 0 Å². The van der Waals surface area contributed by atoms with Gasteiger partial charge >= 0.3 is 0 Å². The normalized spacial score (nSPS) is 14.1. The summed E-state index contributed by atoms with van der Waals surface area (Å²) in [6.07, 6.45) is 2.17. The first-order valence-corrected chi connectivity index (χ1v) is 6.93. The van der Waals surface area contributed by atoms with Gasteiger partial charge in [0.05, 0.1) is 5.60 Å². The van der Waals surface area contributed by atoms with Gasteiger partial charge in [0.2, 0.25) is 0 Å². The van der Waals surface area contributed by atoms with Crippen molar-refractivity contribution in [1.29, 1.82) is 0 Å². The van der Waals surface area contributed by atoms with Crippen molar-refractivity contribution < 1.29 is 5.11 Å². The van der Waals surface area contributed by atoms with Gasteiger partial charge in [-0.2, -0.15) is 0 Å². The standard InChI is InChI=1S/C18H22O/c1-3-18(19,13-16-9-5-4-6-10-16)14-17-11-7-8-15(2)12-17/h4-12,19H,3,13-14H2,1-2H3. The number of aryl methyl sites for hydroxylation is 1. The summed E-state index contributed by atoms with van der Waals surface area (Å²) in [6, 6.07) is 18.6. The lowest BCUT2D eigenvalue weighted by Gasteiger charge is -2.27. The Kier molecular flexibility index (Phi) is 4.39. The van der Waals surface area contributed by atoms with Gasteiger partial charge in [0, 0.05) is 12.8 Å². The van der Waals surface area contributed by atoms with Gasteiger partial charge in [0.15, 0.2) is 0 Å². The third-order valence-corrected chi connectivity index (χ3v) is 3.65. The maximum atomic E-state index is 10.8. The molecule has 2 aromatic rings. The van der Waals surface area contributed by atoms with Gasteiger partial charge in [-0.25, -0.2) is 0 Å². The molecule has 1 atom stereocenters. The monoisotopic (exact) mass is 254 g/mol. The van der Waals surface area contributed by atoms with Gasteiger partial charge in [0.25, 0.3) is 0 Å². The number of hydrogen-bond donors (Lipinski definition) is 1. The topological polar surface area (TPSA) is 20.2 Å². The molecule has 0 amide bonds. The van der Waals surface area contributed by atoms with E-state index in [9.17, 15) is 5.11 Å². The number of aliphatic hydroxyl groups is 1. The minimum atomic E-state index is -0.658. The summed E-state index contributed by atoms with van der Waals surface area (Å²) in [5.74, 6) is 0. The molecule has 0 spiro atoms. The Morgan fingerprint density at radius 1 is 0.895 bits per heavy atom. The molecular weight excluding hydrogens is 232 g/mol. The predicted molar refractivity (Wildman–Crippen MR) is 80.3 cm³/mol. The molecule has 0 aliphatic carbocycles. The maximum absolute atomic E-state index is 10.8. The molecule has 19 heavy (non-hydrogen) atoms. The number of hydrogen-bond acceptors (Lipinski definition) is 1. The lowest BCUT2D eigenvalue weighted by atomic mass is 9.85. The highest BCUT2D eigenvalue weighted by Gasteiger charge is 2.25. The van der Waals surface area contributed by atoms with Crippen LogP contribution in [0.2, 0.25) is 0 Å². The average molecular weight is 254 g/mol. The first-order valence-electron chi connectivity index (χ1n) is 6.93. The van der Waals surface area contributed by atoms with Crippen molar-refractivity contribution in [2.45, 2.75) is 38.7 Å². The van der Waals surface area contributed by atoms with Crippen LogP contribution in [0.5, 0.6) is 0 Å². The van der Waals surface area contributed by atoms with Crippen LogP contribution < -0.4 is 0 Å². The van der Waals surface area contributed by atoms with Crippen molar-refractivity contribution in [3.63, 3.8) is 0 Å². The Bertz CT molecular complexity index is 518. The third-order valence-electron chi connectivity index (χ3n) is 3.65. The second-order valence-corrected chi connectivity index (χ2v) is 5.41. The molecule has 0 aliphatic heterocycles. The van der Waals surface area contributed by atoms with Crippen molar-refractivity contribution >= 4 is 0 Å². The molecule has 0 saturated carbocycles. The minimum Gasteiger partial charge on any atom is -0.389 e. The average Bonchev–Trinajstić information content (AvgIpc) is 2.40. The van der Waals surface area contributed by atoms with Crippen molar-refractivity contribution in [2.24, 2.45) is 0 Å². The molecule has 2 rings (SSSR count). The van der Waals surface area contributed by atoms with Crippen LogP contribution in [-0.2, 0) is 12.8 Å². The lowest BCUT2D eigenvalue weighted by molar-refractivity contribution is 0.0368. The molecule has 0 radical (unpaired) electrons. The second-order valence-electron chi connectivity index (χ2n) is 5.41. The molecule has 1 unspecified atom stereocenters. The SMILES string of the molecule is CCC(O)(Cc1ccccc1)Cc1cccc(C)c1. The van der Waals surface area contributed by atoms with Gasteiger partial charge in [-0.3, -0.25) is 0 Å². The van der Waals surface area contributed by atoms with Gasteiger partial charge in [-0.05, 0) is 24.5 Å². The molecular formula is C18H22O. The van der Waals surface area contributed by atoms with Gasteiger partial charge in [0.1, 0.15) is 0 Å². The molecule has 0 heterocycles. The molecule has 0 aliphatic rings. The molecule has 1 nitrogen and oxygen atoms in total. The summed E-state index contributed by atoms with van der Waals surface area (Å²) in [6.45, 7) is 4.14. The Balaban J connectivity index is 2.14. The van der Waals surface area contributed by atoms with Gasteiger partial charge in [-0.15, -0.1) is 0 Å². The van der Waals surface area contributed by atoms with Gasteiger partial charge in [-0.1, -0.05) is 67.1 Å². The largest absolute Gasteiger partial charge is 0.389 e. The minimum absolute atomic E-state index is 0.658. The van der Waals surface area contributed by atoms with E-state index in [1.54, 1.807) is 0 Å². The summed E-state index contributed by atoms with van der Waals surface area (Å²) in [4.78, 5) is 0. The Morgan fingerprint density at radius 2 is 1.53 bits per heavy atom. The highest BCUT2D eigenvalue weighted by Crippen LogP contribution is 2.23. The zero-order valence-electron chi connectivity index (χ0n) is 11.8. The zero-order valence-corrected chi connectivity index (χ0v) is 11.8. The molecule has 0 fully saturated rings. The first-order chi connectivity index (χ1) is 9.11. The van der Waals surface area contributed by atoms with Crippen LogP contribution in [0.3, 0.4) is 0 Å². The van der Waals surface area contributed by atoms with E-state index < -0.39 is 5.60 Å². The fraction of sp³-hybridized carbons (Fsp3) is 0.333. The summed E-state index contributed by atoms with van der Waals surface area (Å²) in [7, 11) is 0. The Labute approximate surface area is 115 Å². The predicted octanol–water partition coefficient (Wildman–Crippen LogP) is 3.92. The van der Waals surface area contributed by atoms with Crippen LogP contribution in [0.4, 0.5) is 0 Å². The van der Waals surface area contributed by atoms with Gasteiger partial charge < -0.3 is 5.11 Å². The van der Waals surface area contributed by atoms with Crippen LogP contribution in [0.25, 0.3) is 0 Å². The zero-order chi connectivity index (χ0) is 13.7. The third kappa shape index (κ3) is 3.93. The smallest absolute Gasteiger partial charge is 0.0725 e. The molecule has 0 aromatic heterocycles. The highest BCUT2D eigenvalue weighted by atomic mass is 16.3. The summed E-state index contributed by atoms with van der Waals surface area (Å²) in [5.41, 5.74) is 2.99. The molecule has 2 aromatic carbocycles. The van der Waals surface area contributed by atoms with E-state index in [-0.39, 0.29) is 0 Å². The molecule has 1 heteroatoms. The van der Waals surface area contributed by atoms with Crippen LogP contribution in [0.15, 0.2) is 54.6 Å². The fourth-order valence-electron chi connectivity index (χ4n) is 2.49. The molecule has 0 saturated heterocycles. The van der Waals surface area contributed by atoms with E-state index in [2.05, 4.69) is 50.2 Å². The number of rotatable bonds is 5. The van der Waals surface area contributed by atoms with E-state index in [1.807, 2.05) is 18.2 Å². The fourth-order valence-corrected chi connectivity index (χ4v) is 2.49. The van der Waals surface area contributed by atoms with Crippen molar-refractivity contribution in [3.05, 3.63) is 71.3 Å². The quantitative estimate of drug-likeness (QED) is 0.857. The van der Waals surface area contributed by atoms with Crippen molar-refractivity contribution in [2.75, 3.05) is 0 Å². The summed E-state index contributed by atoms with van der Waals surface area (Å²) in [5, 5.41) is 10.8. The van der Waals surface area contributed by atoms with Crippen molar-refractivity contribution in [3.8, 4) is 0 Å². The van der Waals surface area contributed by atoms with E-state index in [0.717, 1.165) is 6.42 Å². The highest BCUT2D eigenvalue weighted by molar-refractivity contribution is 5.25. The van der Waals surface area contributed by atoms with Crippen LogP contribution in [-0.4, -0.2) is 10.7 Å². The van der Waals surface area contributed by atoms with E-state index in [0.29, 0.717) is 12.8 Å². The molecule has 0 bridgehead atoms. The Hall–Kier alpha value is -1.60. The molecule has 1 N–H and O–H groups in total. The second kappa shape index (κ2) is 6.03. The van der Waals surface area contributed by atoms with E-state index >= 15 is 0 Å².